The molecule has 9 heteroatoms. The second-order valence-electron chi connectivity index (χ2n) is 7.10. The Morgan fingerprint density at radius 3 is 2.38 bits per heavy atom. The van der Waals surface area contributed by atoms with E-state index in [9.17, 15) is 32.3 Å². The summed E-state index contributed by atoms with van der Waals surface area (Å²) < 4.78 is 52.4. The summed E-state index contributed by atoms with van der Waals surface area (Å²) in [5.74, 6) is -2.39. The van der Waals surface area contributed by atoms with E-state index in [2.05, 4.69) is 4.98 Å². The number of carbonyl (C=O) groups excluding carboxylic acids is 1. The summed E-state index contributed by atoms with van der Waals surface area (Å²) in [7, 11) is 0. The van der Waals surface area contributed by atoms with E-state index in [0.717, 1.165) is 17.0 Å². The summed E-state index contributed by atoms with van der Waals surface area (Å²) in [5, 5.41) is 9.20. The maximum absolute atomic E-state index is 13.4. The van der Waals surface area contributed by atoms with Gasteiger partial charge in [-0.25, -0.2) is 4.39 Å². The summed E-state index contributed by atoms with van der Waals surface area (Å²) in [6.45, 7) is -1.02. The summed E-state index contributed by atoms with van der Waals surface area (Å²) >= 11 is 0. The normalized spacial score (nSPS) is 11.2. The Bertz CT molecular complexity index is 1130. The Morgan fingerprint density at radius 2 is 1.69 bits per heavy atom. The van der Waals surface area contributed by atoms with Crippen LogP contribution >= 0.6 is 0 Å². The number of aliphatic carboxylic acids is 1. The van der Waals surface area contributed by atoms with Gasteiger partial charge in [-0.15, -0.1) is 0 Å². The number of nitrogens with zero attached hydrogens (tertiary/aromatic N) is 2. The third kappa shape index (κ3) is 6.13. The molecule has 0 radical (unpaired) electrons. The zero-order valence-corrected chi connectivity index (χ0v) is 16.6. The Morgan fingerprint density at radius 1 is 0.969 bits per heavy atom. The minimum Gasteiger partial charge on any atom is -0.480 e. The lowest BCUT2D eigenvalue weighted by molar-refractivity contribution is -0.139. The zero-order chi connectivity index (χ0) is 23.3. The van der Waals surface area contributed by atoms with Gasteiger partial charge in [0.25, 0.3) is 5.91 Å². The van der Waals surface area contributed by atoms with Gasteiger partial charge in [0, 0.05) is 30.4 Å². The summed E-state index contributed by atoms with van der Waals surface area (Å²) in [6, 6.07) is 13.1. The smallest absolute Gasteiger partial charge is 0.416 e. The highest BCUT2D eigenvalue weighted by Crippen LogP contribution is 2.29. The number of carbonyl (C=O) groups is 2. The number of carboxylic acid groups (broad SMARTS) is 1. The summed E-state index contributed by atoms with van der Waals surface area (Å²) in [5.41, 5.74) is 0.464. The van der Waals surface area contributed by atoms with Crippen LogP contribution in [0.15, 0.2) is 66.9 Å². The van der Waals surface area contributed by atoms with Crippen molar-refractivity contribution < 1.29 is 32.3 Å². The van der Waals surface area contributed by atoms with Crippen molar-refractivity contribution in [1.29, 1.82) is 0 Å². The van der Waals surface area contributed by atoms with Crippen LogP contribution in [0.4, 0.5) is 17.6 Å². The van der Waals surface area contributed by atoms with E-state index < -0.39 is 36.0 Å². The van der Waals surface area contributed by atoms with Crippen LogP contribution in [0.25, 0.3) is 0 Å². The van der Waals surface area contributed by atoms with E-state index in [4.69, 9.17) is 0 Å². The second-order valence-corrected chi connectivity index (χ2v) is 7.10. The van der Waals surface area contributed by atoms with Gasteiger partial charge in [-0.1, -0.05) is 24.3 Å². The first-order valence-corrected chi connectivity index (χ1v) is 9.48. The van der Waals surface area contributed by atoms with Crippen molar-refractivity contribution in [1.82, 2.24) is 9.88 Å². The number of rotatable bonds is 7. The number of hydrogen-bond acceptors (Lipinski definition) is 3. The molecule has 0 bridgehead atoms. The summed E-state index contributed by atoms with van der Waals surface area (Å²) in [4.78, 5) is 29.4. The highest BCUT2D eigenvalue weighted by molar-refractivity contribution is 5.95. The first-order valence-electron chi connectivity index (χ1n) is 9.48. The van der Waals surface area contributed by atoms with Gasteiger partial charge in [-0.2, -0.15) is 13.2 Å². The first-order chi connectivity index (χ1) is 15.1. The molecule has 32 heavy (non-hydrogen) atoms. The lowest BCUT2D eigenvalue weighted by Gasteiger charge is -2.21. The molecule has 2 aromatic carbocycles. The molecule has 0 unspecified atom stereocenters. The maximum Gasteiger partial charge on any atom is 0.416 e. The molecule has 0 spiro atoms. The van der Waals surface area contributed by atoms with Crippen molar-refractivity contribution in [3.05, 3.63) is 101 Å². The number of hydrogen-bond donors (Lipinski definition) is 1. The molecular formula is C23H18F4N2O3. The van der Waals surface area contributed by atoms with Crippen molar-refractivity contribution in [2.45, 2.75) is 19.1 Å². The fraction of sp³-hybridized carbons (Fsp3) is 0.174. The minimum absolute atomic E-state index is 0.125. The number of amides is 1. The Balaban J connectivity index is 1.84. The number of halogens is 4. The van der Waals surface area contributed by atoms with Gasteiger partial charge in [-0.05, 0) is 47.5 Å². The molecule has 0 atom stereocenters. The molecule has 5 nitrogen and oxygen atoms in total. The predicted octanol–water partition coefficient (Wildman–Crippen LogP) is 4.56. The molecule has 1 aromatic heterocycles. The van der Waals surface area contributed by atoms with Crippen LogP contribution in [-0.4, -0.2) is 33.4 Å². The van der Waals surface area contributed by atoms with Crippen LogP contribution in [0.3, 0.4) is 0 Å². The standard InChI is InChI=1S/C23H18F4N2O3/c24-19-6-2-3-15(10-19)11-20-12-17(7-8-28-20)22(32)29(14-21(30)31)13-16-4-1-5-18(9-16)23(25,26)27/h1-10,12H,11,13-14H2,(H,30,31). The average Bonchev–Trinajstić information content (AvgIpc) is 2.72. The van der Waals surface area contributed by atoms with E-state index >= 15 is 0 Å². The zero-order valence-electron chi connectivity index (χ0n) is 16.6. The molecule has 3 aromatic rings. The molecule has 1 N–H and O–H groups in total. The van der Waals surface area contributed by atoms with E-state index in [-0.39, 0.29) is 24.1 Å². The van der Waals surface area contributed by atoms with E-state index in [1.807, 2.05) is 0 Å². The van der Waals surface area contributed by atoms with Crippen LogP contribution in [0.1, 0.15) is 32.7 Å². The molecule has 1 amide bonds. The van der Waals surface area contributed by atoms with Gasteiger partial charge >= 0.3 is 12.1 Å². The van der Waals surface area contributed by atoms with Crippen LogP contribution in [0.2, 0.25) is 0 Å². The SMILES string of the molecule is O=C(O)CN(Cc1cccc(C(F)(F)F)c1)C(=O)c1ccnc(Cc2cccc(F)c2)c1. The van der Waals surface area contributed by atoms with E-state index in [1.54, 1.807) is 12.1 Å². The van der Waals surface area contributed by atoms with Crippen LogP contribution in [-0.2, 0) is 23.9 Å². The Hall–Kier alpha value is -3.75. The highest BCUT2D eigenvalue weighted by Gasteiger charge is 2.30. The molecule has 0 aliphatic heterocycles. The average molecular weight is 446 g/mol. The molecule has 0 saturated heterocycles. The van der Waals surface area contributed by atoms with Gasteiger partial charge in [0.2, 0.25) is 0 Å². The second kappa shape index (κ2) is 9.59. The fourth-order valence-electron chi connectivity index (χ4n) is 3.18. The molecule has 1 heterocycles. The van der Waals surface area contributed by atoms with Gasteiger partial charge in [0.1, 0.15) is 12.4 Å². The van der Waals surface area contributed by atoms with Crippen molar-refractivity contribution in [2.75, 3.05) is 6.54 Å². The number of alkyl halides is 3. The van der Waals surface area contributed by atoms with Gasteiger partial charge in [0.05, 0.1) is 5.56 Å². The third-order valence-electron chi connectivity index (χ3n) is 4.58. The molecule has 0 aliphatic rings. The van der Waals surface area contributed by atoms with E-state index in [1.165, 1.54) is 42.6 Å². The number of carboxylic acids is 1. The Kier molecular flexibility index (Phi) is 6.87. The lowest BCUT2D eigenvalue weighted by atomic mass is 10.1. The number of aromatic nitrogens is 1. The monoisotopic (exact) mass is 446 g/mol. The fourth-order valence-corrected chi connectivity index (χ4v) is 3.18. The largest absolute Gasteiger partial charge is 0.480 e. The highest BCUT2D eigenvalue weighted by atomic mass is 19.4. The third-order valence-corrected chi connectivity index (χ3v) is 4.58. The number of pyridine rings is 1. The van der Waals surface area contributed by atoms with Crippen molar-refractivity contribution in [3.63, 3.8) is 0 Å². The topological polar surface area (TPSA) is 70.5 Å². The quantitative estimate of drug-likeness (QED) is 0.541. The van der Waals surface area contributed by atoms with Crippen LogP contribution in [0.5, 0.6) is 0 Å². The van der Waals surface area contributed by atoms with Crippen molar-refractivity contribution in [2.24, 2.45) is 0 Å². The first kappa shape index (κ1) is 22.9. The molecule has 0 fully saturated rings. The lowest BCUT2D eigenvalue weighted by Crippen LogP contribution is -2.35. The predicted molar refractivity (Wildman–Crippen MR) is 107 cm³/mol. The van der Waals surface area contributed by atoms with E-state index in [0.29, 0.717) is 11.3 Å². The van der Waals surface area contributed by atoms with Crippen molar-refractivity contribution >= 4 is 11.9 Å². The van der Waals surface area contributed by atoms with Gasteiger partial charge in [0.15, 0.2) is 0 Å². The minimum atomic E-state index is -4.56. The maximum atomic E-state index is 13.4. The summed E-state index contributed by atoms with van der Waals surface area (Å²) in [6.07, 6.45) is -2.95. The molecular weight excluding hydrogens is 428 g/mol. The molecule has 0 aliphatic carbocycles. The van der Waals surface area contributed by atoms with Gasteiger partial charge < -0.3 is 10.0 Å². The van der Waals surface area contributed by atoms with Crippen LogP contribution < -0.4 is 0 Å². The molecule has 0 saturated carbocycles. The van der Waals surface area contributed by atoms with Crippen LogP contribution in [0, 0.1) is 5.82 Å². The molecule has 166 valence electrons. The Labute approximate surface area is 180 Å². The van der Waals surface area contributed by atoms with Crippen molar-refractivity contribution in [3.8, 4) is 0 Å². The molecule has 3 rings (SSSR count). The number of benzene rings is 2. The van der Waals surface area contributed by atoms with Gasteiger partial charge in [-0.3, -0.25) is 14.6 Å².